The van der Waals surface area contributed by atoms with E-state index in [1.807, 2.05) is 30.5 Å². The summed E-state index contributed by atoms with van der Waals surface area (Å²) in [5.41, 5.74) is 3.10. The largest absolute Gasteiger partial charge is 0.469 e. The third-order valence-electron chi connectivity index (χ3n) is 4.28. The molecule has 0 N–H and O–H groups in total. The summed E-state index contributed by atoms with van der Waals surface area (Å²) in [6.45, 7) is 4.25. The molecule has 3 aromatic rings. The van der Waals surface area contributed by atoms with Crippen LogP contribution in [0.2, 0.25) is 0 Å². The van der Waals surface area contributed by atoms with E-state index < -0.39 is 0 Å². The van der Waals surface area contributed by atoms with E-state index >= 15 is 0 Å². The molecule has 0 aliphatic rings. The van der Waals surface area contributed by atoms with Crippen LogP contribution in [0.5, 0.6) is 0 Å². The fraction of sp³-hybridized carbons (Fsp3) is 0.316. The van der Waals surface area contributed by atoms with Crippen LogP contribution in [0.15, 0.2) is 40.2 Å². The average Bonchev–Trinajstić information content (AvgIpc) is 3.30. The predicted molar refractivity (Wildman–Crippen MR) is 103 cm³/mol. The minimum atomic E-state index is -0.281. The standard InChI is InChI=1S/C19H20N4O4S/c1-12-9-15(13(2)23(12)8-6-17(25)26-3)16(24)11-28-19-22-21-18(27-19)14-5-4-7-20-10-14/h4-5,7,9-10H,6,8,11H2,1-3H3. The van der Waals surface area contributed by atoms with Crippen molar-refractivity contribution in [1.29, 1.82) is 0 Å². The van der Waals surface area contributed by atoms with Gasteiger partial charge in [-0.15, -0.1) is 10.2 Å². The van der Waals surface area contributed by atoms with E-state index in [1.54, 1.807) is 18.5 Å². The van der Waals surface area contributed by atoms with Gasteiger partial charge in [-0.2, -0.15) is 0 Å². The number of Topliss-reactive ketones (excluding diaryl/α,β-unsaturated/α-hetero) is 1. The Labute approximate surface area is 166 Å². The summed E-state index contributed by atoms with van der Waals surface area (Å²) < 4.78 is 12.2. The first-order valence-corrected chi connectivity index (χ1v) is 9.61. The minimum absolute atomic E-state index is 0.0384. The third-order valence-corrected chi connectivity index (χ3v) is 5.10. The van der Waals surface area contributed by atoms with E-state index in [9.17, 15) is 9.59 Å². The van der Waals surface area contributed by atoms with Crippen molar-refractivity contribution in [2.24, 2.45) is 0 Å². The van der Waals surface area contributed by atoms with Crippen molar-refractivity contribution in [1.82, 2.24) is 19.7 Å². The van der Waals surface area contributed by atoms with Gasteiger partial charge in [-0.3, -0.25) is 14.6 Å². The van der Waals surface area contributed by atoms with Crippen molar-refractivity contribution < 1.29 is 18.7 Å². The minimum Gasteiger partial charge on any atom is -0.469 e. The van der Waals surface area contributed by atoms with Gasteiger partial charge >= 0.3 is 5.97 Å². The van der Waals surface area contributed by atoms with Crippen LogP contribution in [-0.4, -0.2) is 44.4 Å². The number of carbonyl (C=O) groups excluding carboxylic acids is 2. The highest BCUT2D eigenvalue weighted by Crippen LogP contribution is 2.24. The molecule has 0 aliphatic carbocycles. The molecule has 0 amide bonds. The van der Waals surface area contributed by atoms with Crippen molar-refractivity contribution in [2.75, 3.05) is 12.9 Å². The number of thioether (sulfide) groups is 1. The van der Waals surface area contributed by atoms with Gasteiger partial charge in [0.25, 0.3) is 5.22 Å². The van der Waals surface area contributed by atoms with Gasteiger partial charge in [-0.05, 0) is 32.0 Å². The number of carbonyl (C=O) groups is 2. The Hall–Kier alpha value is -2.94. The smallest absolute Gasteiger partial charge is 0.307 e. The van der Waals surface area contributed by atoms with Gasteiger partial charge in [0.05, 0.1) is 24.8 Å². The van der Waals surface area contributed by atoms with Gasteiger partial charge < -0.3 is 13.7 Å². The zero-order chi connectivity index (χ0) is 20.1. The van der Waals surface area contributed by atoms with Crippen LogP contribution >= 0.6 is 11.8 Å². The van der Waals surface area contributed by atoms with Crippen LogP contribution in [-0.2, 0) is 16.1 Å². The number of hydrogen-bond donors (Lipinski definition) is 0. The van der Waals surface area contributed by atoms with Gasteiger partial charge in [0.2, 0.25) is 5.89 Å². The highest BCUT2D eigenvalue weighted by Gasteiger charge is 2.18. The Kier molecular flexibility index (Phi) is 6.25. The molecule has 3 aromatic heterocycles. The Morgan fingerprint density at radius 3 is 2.82 bits per heavy atom. The lowest BCUT2D eigenvalue weighted by Crippen LogP contribution is -2.10. The molecule has 3 rings (SSSR count). The quantitative estimate of drug-likeness (QED) is 0.323. The highest BCUT2D eigenvalue weighted by atomic mass is 32.2. The van der Waals surface area contributed by atoms with Gasteiger partial charge in [-0.1, -0.05) is 11.8 Å². The van der Waals surface area contributed by atoms with Crippen molar-refractivity contribution in [3.05, 3.63) is 47.5 Å². The third kappa shape index (κ3) is 4.48. The molecular weight excluding hydrogens is 380 g/mol. The number of rotatable bonds is 8. The summed E-state index contributed by atoms with van der Waals surface area (Å²) in [5, 5.41) is 8.28. The molecule has 0 fully saturated rings. The number of aryl methyl sites for hydroxylation is 1. The second-order valence-corrected chi connectivity index (χ2v) is 7.02. The molecule has 0 unspecified atom stereocenters. The number of methoxy groups -OCH3 is 1. The van der Waals surface area contributed by atoms with Crippen LogP contribution in [0.4, 0.5) is 0 Å². The molecule has 0 atom stereocenters. The normalized spacial score (nSPS) is 10.8. The fourth-order valence-electron chi connectivity index (χ4n) is 2.81. The maximum atomic E-state index is 12.6. The van der Waals surface area contributed by atoms with E-state index in [-0.39, 0.29) is 23.9 Å². The van der Waals surface area contributed by atoms with Gasteiger partial charge in [-0.25, -0.2) is 0 Å². The second kappa shape index (κ2) is 8.83. The number of hydrogen-bond acceptors (Lipinski definition) is 8. The topological polar surface area (TPSA) is 100 Å². The molecule has 0 saturated carbocycles. The van der Waals surface area contributed by atoms with Crippen LogP contribution in [0.25, 0.3) is 11.5 Å². The van der Waals surface area contributed by atoms with Crippen molar-refractivity contribution in [2.45, 2.75) is 32.0 Å². The lowest BCUT2D eigenvalue weighted by atomic mass is 10.2. The molecule has 3 heterocycles. The zero-order valence-corrected chi connectivity index (χ0v) is 16.7. The van der Waals surface area contributed by atoms with Crippen LogP contribution in [0.1, 0.15) is 28.2 Å². The van der Waals surface area contributed by atoms with Gasteiger partial charge in [0.1, 0.15) is 0 Å². The Balaban J connectivity index is 1.64. The van der Waals surface area contributed by atoms with Crippen molar-refractivity contribution >= 4 is 23.5 Å². The summed E-state index contributed by atoms with van der Waals surface area (Å²) in [6, 6.07) is 5.44. The monoisotopic (exact) mass is 400 g/mol. The Bertz CT molecular complexity index is 981. The molecule has 0 aliphatic heterocycles. The lowest BCUT2D eigenvalue weighted by Gasteiger charge is -2.08. The van der Waals surface area contributed by atoms with Crippen LogP contribution in [0, 0.1) is 13.8 Å². The van der Waals surface area contributed by atoms with E-state index in [4.69, 9.17) is 4.42 Å². The van der Waals surface area contributed by atoms with Crippen molar-refractivity contribution in [3.63, 3.8) is 0 Å². The first kappa shape index (κ1) is 19.8. The molecular formula is C19H20N4O4S. The number of nitrogens with zero attached hydrogens (tertiary/aromatic N) is 4. The average molecular weight is 400 g/mol. The molecule has 0 saturated heterocycles. The molecule has 0 spiro atoms. The summed E-state index contributed by atoms with van der Waals surface area (Å²) in [5.74, 6) is 0.222. The molecule has 28 heavy (non-hydrogen) atoms. The molecule has 9 heteroatoms. The zero-order valence-electron chi connectivity index (χ0n) is 15.8. The summed E-state index contributed by atoms with van der Waals surface area (Å²) in [4.78, 5) is 28.0. The summed E-state index contributed by atoms with van der Waals surface area (Å²) in [7, 11) is 1.36. The second-order valence-electron chi connectivity index (χ2n) is 6.09. The predicted octanol–water partition coefficient (Wildman–Crippen LogP) is 3.09. The summed E-state index contributed by atoms with van der Waals surface area (Å²) >= 11 is 1.19. The number of aromatic nitrogens is 4. The molecule has 8 nitrogen and oxygen atoms in total. The maximum Gasteiger partial charge on any atom is 0.307 e. The number of ether oxygens (including phenoxy) is 1. The molecule has 146 valence electrons. The Morgan fingerprint density at radius 2 is 2.11 bits per heavy atom. The number of pyridine rings is 1. The van der Waals surface area contributed by atoms with E-state index in [0.29, 0.717) is 23.2 Å². The maximum absolute atomic E-state index is 12.6. The molecule has 0 radical (unpaired) electrons. The number of esters is 1. The Morgan fingerprint density at radius 1 is 1.29 bits per heavy atom. The molecule has 0 aromatic carbocycles. The van der Waals surface area contributed by atoms with Gasteiger partial charge in [0.15, 0.2) is 5.78 Å². The van der Waals surface area contributed by atoms with Crippen LogP contribution < -0.4 is 0 Å². The highest BCUT2D eigenvalue weighted by molar-refractivity contribution is 7.99. The fourth-order valence-corrected chi connectivity index (χ4v) is 3.46. The number of ketones is 1. The lowest BCUT2D eigenvalue weighted by molar-refractivity contribution is -0.140. The van der Waals surface area contributed by atoms with Gasteiger partial charge in [0, 0.05) is 35.9 Å². The first-order valence-electron chi connectivity index (χ1n) is 8.63. The van der Waals surface area contributed by atoms with E-state index in [2.05, 4.69) is 19.9 Å². The summed E-state index contributed by atoms with van der Waals surface area (Å²) in [6.07, 6.45) is 3.56. The van der Waals surface area contributed by atoms with Crippen molar-refractivity contribution in [3.8, 4) is 11.5 Å². The van der Waals surface area contributed by atoms with E-state index in [1.165, 1.54) is 18.9 Å². The molecule has 0 bridgehead atoms. The SMILES string of the molecule is COC(=O)CCn1c(C)cc(C(=O)CSc2nnc(-c3cccnc3)o2)c1C. The van der Waals surface area contributed by atoms with Crippen LogP contribution in [0.3, 0.4) is 0 Å². The first-order chi connectivity index (χ1) is 13.5. The van der Waals surface area contributed by atoms with E-state index in [0.717, 1.165) is 17.0 Å².